The van der Waals surface area contributed by atoms with Crippen molar-refractivity contribution in [3.05, 3.63) is 53.2 Å². The summed E-state index contributed by atoms with van der Waals surface area (Å²) >= 11 is 0. The molecule has 0 fully saturated rings. The lowest BCUT2D eigenvalue weighted by atomic mass is 10.1. The quantitative estimate of drug-likeness (QED) is 0.753. The number of benzene rings is 1. The molecule has 1 aromatic carbocycles. The minimum absolute atomic E-state index is 0.173. The molecule has 7 nitrogen and oxygen atoms in total. The standard InChI is InChI=1S/C20H23N5O2/c1-5-12-25-18-15(17(23-25)20(27)24(3)4)10-11-16(21-18)22-19(26)14-8-6-13(2)7-9-14/h6-11H,5,12H2,1-4H3,(H,21,22,26). The summed E-state index contributed by atoms with van der Waals surface area (Å²) in [5.74, 6) is 0.0234. The van der Waals surface area contributed by atoms with E-state index in [0.29, 0.717) is 34.7 Å². The molecule has 0 radical (unpaired) electrons. The van der Waals surface area contributed by atoms with Gasteiger partial charge in [-0.05, 0) is 37.6 Å². The monoisotopic (exact) mass is 365 g/mol. The van der Waals surface area contributed by atoms with Crippen molar-refractivity contribution in [2.75, 3.05) is 19.4 Å². The van der Waals surface area contributed by atoms with Gasteiger partial charge in [-0.15, -0.1) is 0 Å². The fraction of sp³-hybridized carbons (Fsp3) is 0.300. The van der Waals surface area contributed by atoms with E-state index in [1.54, 1.807) is 43.0 Å². The van der Waals surface area contributed by atoms with Crippen molar-refractivity contribution in [2.24, 2.45) is 0 Å². The number of anilines is 1. The molecule has 1 N–H and O–H groups in total. The molecule has 3 rings (SSSR count). The molecule has 3 aromatic rings. The lowest BCUT2D eigenvalue weighted by Gasteiger charge is -2.07. The number of hydrogen-bond donors (Lipinski definition) is 1. The van der Waals surface area contributed by atoms with Crippen molar-refractivity contribution in [2.45, 2.75) is 26.8 Å². The van der Waals surface area contributed by atoms with Gasteiger partial charge in [0, 0.05) is 26.2 Å². The average molecular weight is 365 g/mol. The second kappa shape index (κ2) is 7.57. The Hall–Kier alpha value is -3.22. The molecule has 0 aliphatic rings. The Bertz CT molecular complexity index is 990. The average Bonchev–Trinajstić information content (AvgIpc) is 2.99. The van der Waals surface area contributed by atoms with Crippen LogP contribution in [0.3, 0.4) is 0 Å². The number of carbonyl (C=O) groups is 2. The summed E-state index contributed by atoms with van der Waals surface area (Å²) in [5, 5.41) is 7.93. The molecule has 0 atom stereocenters. The molecule has 0 bridgehead atoms. The van der Waals surface area contributed by atoms with Crippen LogP contribution < -0.4 is 5.32 Å². The van der Waals surface area contributed by atoms with Crippen molar-refractivity contribution in [1.82, 2.24) is 19.7 Å². The molecule has 0 aliphatic carbocycles. The first-order valence-electron chi connectivity index (χ1n) is 8.88. The van der Waals surface area contributed by atoms with Crippen LogP contribution in [0.25, 0.3) is 11.0 Å². The molecule has 0 unspecified atom stereocenters. The Morgan fingerprint density at radius 1 is 1.11 bits per heavy atom. The van der Waals surface area contributed by atoms with Crippen LogP contribution in [0.15, 0.2) is 36.4 Å². The smallest absolute Gasteiger partial charge is 0.274 e. The van der Waals surface area contributed by atoms with E-state index in [1.807, 2.05) is 26.0 Å². The van der Waals surface area contributed by atoms with Gasteiger partial charge in [-0.3, -0.25) is 9.59 Å². The maximum atomic E-state index is 12.4. The van der Waals surface area contributed by atoms with Gasteiger partial charge in [-0.1, -0.05) is 24.6 Å². The summed E-state index contributed by atoms with van der Waals surface area (Å²) in [6.07, 6.45) is 0.855. The number of pyridine rings is 1. The van der Waals surface area contributed by atoms with Crippen LogP contribution >= 0.6 is 0 Å². The van der Waals surface area contributed by atoms with E-state index >= 15 is 0 Å². The second-order valence-corrected chi connectivity index (χ2v) is 6.66. The van der Waals surface area contributed by atoms with Gasteiger partial charge >= 0.3 is 0 Å². The third-order valence-electron chi connectivity index (χ3n) is 4.19. The Morgan fingerprint density at radius 3 is 2.44 bits per heavy atom. The largest absolute Gasteiger partial charge is 0.343 e. The molecule has 7 heteroatoms. The Labute approximate surface area is 158 Å². The zero-order valence-corrected chi connectivity index (χ0v) is 16.0. The molecule has 0 saturated carbocycles. The zero-order chi connectivity index (χ0) is 19.6. The number of nitrogens with zero attached hydrogens (tertiary/aromatic N) is 4. The molecule has 0 saturated heterocycles. The van der Waals surface area contributed by atoms with Gasteiger partial charge < -0.3 is 10.2 Å². The molecule has 140 valence electrons. The predicted molar refractivity (Wildman–Crippen MR) is 105 cm³/mol. The fourth-order valence-electron chi connectivity index (χ4n) is 2.75. The van der Waals surface area contributed by atoms with Gasteiger partial charge in [0.05, 0.1) is 5.39 Å². The van der Waals surface area contributed by atoms with Crippen LogP contribution in [0.1, 0.15) is 39.8 Å². The number of fused-ring (bicyclic) bond motifs is 1. The van der Waals surface area contributed by atoms with Crippen LogP contribution in [-0.4, -0.2) is 45.6 Å². The highest BCUT2D eigenvalue weighted by molar-refractivity contribution is 6.06. The lowest BCUT2D eigenvalue weighted by molar-refractivity contribution is 0.0822. The second-order valence-electron chi connectivity index (χ2n) is 6.66. The maximum absolute atomic E-state index is 12.4. The molecule has 27 heavy (non-hydrogen) atoms. The first kappa shape index (κ1) is 18.6. The van der Waals surface area contributed by atoms with E-state index in [0.717, 1.165) is 12.0 Å². The van der Waals surface area contributed by atoms with Crippen LogP contribution in [-0.2, 0) is 6.54 Å². The Morgan fingerprint density at radius 2 is 1.81 bits per heavy atom. The van der Waals surface area contributed by atoms with Crippen molar-refractivity contribution < 1.29 is 9.59 Å². The van der Waals surface area contributed by atoms with Gasteiger partial charge in [-0.25, -0.2) is 9.67 Å². The predicted octanol–water partition coefficient (Wildman–Crippen LogP) is 3.10. The molecule has 0 aliphatic heterocycles. The molecule has 2 heterocycles. The van der Waals surface area contributed by atoms with Gasteiger partial charge in [0.2, 0.25) is 0 Å². The zero-order valence-electron chi connectivity index (χ0n) is 16.0. The third-order valence-corrected chi connectivity index (χ3v) is 4.19. The summed E-state index contributed by atoms with van der Waals surface area (Å²) < 4.78 is 1.72. The highest BCUT2D eigenvalue weighted by Crippen LogP contribution is 2.21. The topological polar surface area (TPSA) is 80.1 Å². The van der Waals surface area contributed by atoms with Crippen LogP contribution in [0.2, 0.25) is 0 Å². The summed E-state index contributed by atoms with van der Waals surface area (Å²) in [6, 6.07) is 10.8. The molecular weight excluding hydrogens is 342 g/mol. The Kier molecular flexibility index (Phi) is 5.21. The minimum Gasteiger partial charge on any atom is -0.343 e. The summed E-state index contributed by atoms with van der Waals surface area (Å²) in [5.41, 5.74) is 2.61. The van der Waals surface area contributed by atoms with E-state index in [9.17, 15) is 9.59 Å². The highest BCUT2D eigenvalue weighted by Gasteiger charge is 2.20. The summed E-state index contributed by atoms with van der Waals surface area (Å²) in [4.78, 5) is 30.9. The van der Waals surface area contributed by atoms with Gasteiger partial charge in [0.1, 0.15) is 5.82 Å². The SMILES string of the molecule is CCCn1nc(C(=O)N(C)C)c2ccc(NC(=O)c3ccc(C)cc3)nc21. The van der Waals surface area contributed by atoms with Crippen molar-refractivity contribution in [3.63, 3.8) is 0 Å². The molecule has 2 amide bonds. The summed E-state index contributed by atoms with van der Waals surface area (Å²) in [6.45, 7) is 4.64. The van der Waals surface area contributed by atoms with Gasteiger partial charge in [-0.2, -0.15) is 5.10 Å². The van der Waals surface area contributed by atoms with Crippen LogP contribution in [0.5, 0.6) is 0 Å². The highest BCUT2D eigenvalue weighted by atomic mass is 16.2. The van der Waals surface area contributed by atoms with Crippen molar-refractivity contribution in [3.8, 4) is 0 Å². The van der Waals surface area contributed by atoms with E-state index in [1.165, 1.54) is 4.90 Å². The lowest BCUT2D eigenvalue weighted by Crippen LogP contribution is -2.22. The first-order chi connectivity index (χ1) is 12.9. The molecule has 2 aromatic heterocycles. The van der Waals surface area contributed by atoms with E-state index in [2.05, 4.69) is 15.4 Å². The Balaban J connectivity index is 1.96. The maximum Gasteiger partial charge on any atom is 0.274 e. The van der Waals surface area contributed by atoms with E-state index in [-0.39, 0.29) is 11.8 Å². The summed E-state index contributed by atoms with van der Waals surface area (Å²) in [7, 11) is 3.38. The molecule has 0 spiro atoms. The number of rotatable bonds is 5. The van der Waals surface area contributed by atoms with Crippen molar-refractivity contribution >= 4 is 28.7 Å². The number of nitrogens with one attached hydrogen (secondary N) is 1. The van der Waals surface area contributed by atoms with Crippen LogP contribution in [0, 0.1) is 6.92 Å². The molecular formula is C20H23N5O2. The van der Waals surface area contributed by atoms with Crippen molar-refractivity contribution in [1.29, 1.82) is 0 Å². The number of hydrogen-bond acceptors (Lipinski definition) is 4. The number of carbonyl (C=O) groups excluding carboxylic acids is 2. The van der Waals surface area contributed by atoms with E-state index in [4.69, 9.17) is 0 Å². The van der Waals surface area contributed by atoms with Crippen LogP contribution in [0.4, 0.5) is 5.82 Å². The first-order valence-corrected chi connectivity index (χ1v) is 8.88. The number of amides is 2. The van der Waals surface area contributed by atoms with Gasteiger partial charge in [0.25, 0.3) is 11.8 Å². The van der Waals surface area contributed by atoms with Gasteiger partial charge in [0.15, 0.2) is 11.3 Å². The third kappa shape index (κ3) is 3.81. The van der Waals surface area contributed by atoms with E-state index < -0.39 is 0 Å². The number of aromatic nitrogens is 3. The normalized spacial score (nSPS) is 10.8. The minimum atomic E-state index is -0.229. The fourth-order valence-corrected chi connectivity index (χ4v) is 2.75. The number of aryl methyl sites for hydroxylation is 2.